The van der Waals surface area contributed by atoms with Crippen molar-refractivity contribution >= 4 is 11.9 Å². The first kappa shape index (κ1) is 15.9. The first-order chi connectivity index (χ1) is 8.92. The zero-order chi connectivity index (χ0) is 14.4. The van der Waals surface area contributed by atoms with Gasteiger partial charge in [-0.2, -0.15) is 0 Å². The van der Waals surface area contributed by atoms with Crippen molar-refractivity contribution in [2.75, 3.05) is 27.2 Å². The third-order valence-electron chi connectivity index (χ3n) is 3.00. The molecule has 1 fully saturated rings. The maximum absolute atomic E-state index is 11.7. The van der Waals surface area contributed by atoms with Gasteiger partial charge in [0.15, 0.2) is 0 Å². The van der Waals surface area contributed by atoms with Gasteiger partial charge in [0.1, 0.15) is 6.10 Å². The molecule has 0 saturated carbocycles. The lowest BCUT2D eigenvalue weighted by Gasteiger charge is -2.35. The lowest BCUT2D eigenvalue weighted by Crippen LogP contribution is -2.52. The number of likely N-dealkylation sites (N-methyl/N-ethyl adjacent to an activating group) is 1. The van der Waals surface area contributed by atoms with E-state index in [1.54, 1.807) is 19.0 Å². The summed E-state index contributed by atoms with van der Waals surface area (Å²) in [6.07, 6.45) is 0.174. The predicted octanol–water partition coefficient (Wildman–Crippen LogP) is -0.953. The number of aliphatic carboxylic acids is 1. The van der Waals surface area contributed by atoms with Crippen molar-refractivity contribution in [1.82, 2.24) is 10.2 Å². The van der Waals surface area contributed by atoms with Gasteiger partial charge in [-0.1, -0.05) is 0 Å². The minimum Gasteiger partial charge on any atom is -0.481 e. The van der Waals surface area contributed by atoms with E-state index in [0.717, 1.165) is 0 Å². The molecule has 0 aromatic heterocycles. The maximum atomic E-state index is 11.7. The van der Waals surface area contributed by atoms with Gasteiger partial charge in [-0.15, -0.1) is 0 Å². The van der Waals surface area contributed by atoms with Crippen molar-refractivity contribution in [1.29, 1.82) is 0 Å². The number of aliphatic hydroxyl groups excluding tert-OH is 1. The normalized spacial score (nSPS) is 27.3. The summed E-state index contributed by atoms with van der Waals surface area (Å²) in [5.41, 5.74) is 0. The monoisotopic (exact) mass is 274 g/mol. The number of amides is 1. The summed E-state index contributed by atoms with van der Waals surface area (Å²) in [5, 5.41) is 20.8. The van der Waals surface area contributed by atoms with E-state index in [2.05, 4.69) is 5.32 Å². The highest BCUT2D eigenvalue weighted by Gasteiger charge is 2.32. The van der Waals surface area contributed by atoms with E-state index in [1.165, 1.54) is 0 Å². The zero-order valence-electron chi connectivity index (χ0n) is 11.3. The molecular weight excluding hydrogens is 252 g/mol. The van der Waals surface area contributed by atoms with Crippen molar-refractivity contribution in [3.8, 4) is 0 Å². The van der Waals surface area contributed by atoms with Gasteiger partial charge < -0.3 is 25.2 Å². The van der Waals surface area contributed by atoms with Crippen LogP contribution in [0.25, 0.3) is 0 Å². The van der Waals surface area contributed by atoms with Crippen LogP contribution in [0.5, 0.6) is 0 Å². The molecule has 0 spiro atoms. The van der Waals surface area contributed by atoms with Gasteiger partial charge in [-0.05, 0) is 26.9 Å². The minimum atomic E-state index is -0.920. The molecule has 19 heavy (non-hydrogen) atoms. The highest BCUT2D eigenvalue weighted by atomic mass is 16.5. The number of carboxylic acid groups (broad SMARTS) is 1. The number of nitrogens with zero attached hydrogens (tertiary/aromatic N) is 1. The van der Waals surface area contributed by atoms with Gasteiger partial charge in [-0.3, -0.25) is 9.59 Å². The van der Waals surface area contributed by atoms with Crippen molar-refractivity contribution in [3.63, 3.8) is 0 Å². The SMILES string of the molecule is CN(C)CC(=O)N[C@@H]1CC[C@H](CC(=O)O)O[C@@H]1CO. The van der Waals surface area contributed by atoms with Gasteiger partial charge in [0, 0.05) is 0 Å². The molecule has 110 valence electrons. The predicted molar refractivity (Wildman–Crippen MR) is 67.7 cm³/mol. The Hall–Kier alpha value is -1.18. The van der Waals surface area contributed by atoms with Crippen LogP contribution in [0.15, 0.2) is 0 Å². The number of hydrogen-bond donors (Lipinski definition) is 3. The summed E-state index contributed by atoms with van der Waals surface area (Å²) >= 11 is 0. The average molecular weight is 274 g/mol. The Kier molecular flexibility index (Phi) is 6.20. The quantitative estimate of drug-likeness (QED) is 0.577. The molecule has 3 N–H and O–H groups in total. The number of rotatable bonds is 6. The first-order valence-corrected chi connectivity index (χ1v) is 6.34. The van der Waals surface area contributed by atoms with Crippen molar-refractivity contribution in [2.45, 2.75) is 37.5 Å². The van der Waals surface area contributed by atoms with Crippen LogP contribution in [0.3, 0.4) is 0 Å². The second-order valence-electron chi connectivity index (χ2n) is 5.07. The molecule has 0 aliphatic carbocycles. The highest BCUT2D eigenvalue weighted by molar-refractivity contribution is 5.78. The van der Waals surface area contributed by atoms with Crippen LogP contribution in [0.2, 0.25) is 0 Å². The van der Waals surface area contributed by atoms with Gasteiger partial charge in [0.05, 0.1) is 31.7 Å². The molecular formula is C12H22N2O5. The number of carbonyl (C=O) groups excluding carboxylic acids is 1. The topological polar surface area (TPSA) is 99.1 Å². The van der Waals surface area contributed by atoms with Crippen LogP contribution in [0.1, 0.15) is 19.3 Å². The van der Waals surface area contributed by atoms with Gasteiger partial charge in [0.25, 0.3) is 0 Å². The second kappa shape index (κ2) is 7.42. The van der Waals surface area contributed by atoms with E-state index in [4.69, 9.17) is 9.84 Å². The van der Waals surface area contributed by atoms with E-state index in [1.807, 2.05) is 0 Å². The third-order valence-corrected chi connectivity index (χ3v) is 3.00. The lowest BCUT2D eigenvalue weighted by atomic mass is 9.97. The van der Waals surface area contributed by atoms with E-state index >= 15 is 0 Å². The van der Waals surface area contributed by atoms with Crippen LogP contribution < -0.4 is 5.32 Å². The zero-order valence-corrected chi connectivity index (χ0v) is 11.3. The number of carbonyl (C=O) groups is 2. The van der Waals surface area contributed by atoms with Crippen LogP contribution in [0.4, 0.5) is 0 Å². The molecule has 1 rings (SSSR count). The van der Waals surface area contributed by atoms with Gasteiger partial charge in [0.2, 0.25) is 5.91 Å². The molecule has 7 heteroatoms. The van der Waals surface area contributed by atoms with E-state index in [0.29, 0.717) is 12.8 Å². The summed E-state index contributed by atoms with van der Waals surface area (Å²) in [6.45, 7) is 0.0379. The molecule has 1 aliphatic heterocycles. The van der Waals surface area contributed by atoms with Crippen LogP contribution in [-0.2, 0) is 14.3 Å². The molecule has 0 unspecified atom stereocenters. The molecule has 0 bridgehead atoms. The second-order valence-corrected chi connectivity index (χ2v) is 5.07. The van der Waals surface area contributed by atoms with Crippen LogP contribution in [-0.4, -0.2) is 72.5 Å². The fourth-order valence-corrected chi connectivity index (χ4v) is 2.18. The third kappa shape index (κ3) is 5.54. The Morgan fingerprint density at radius 3 is 2.58 bits per heavy atom. The molecule has 1 amide bonds. The Bertz CT molecular complexity index is 321. The molecule has 1 saturated heterocycles. The Morgan fingerprint density at radius 1 is 1.37 bits per heavy atom. The molecule has 0 radical (unpaired) electrons. The average Bonchev–Trinajstić information content (AvgIpc) is 2.29. The standard InChI is InChI=1S/C12H22N2O5/c1-14(2)6-11(16)13-9-4-3-8(5-12(17)18)19-10(9)7-15/h8-10,15H,3-7H2,1-2H3,(H,13,16)(H,17,18)/t8-,9-,10-/m1/s1. The smallest absolute Gasteiger partial charge is 0.305 e. The Labute approximate surface area is 112 Å². The van der Waals surface area contributed by atoms with E-state index in [9.17, 15) is 14.7 Å². The Morgan fingerprint density at radius 2 is 2.05 bits per heavy atom. The number of hydrogen-bond acceptors (Lipinski definition) is 5. The van der Waals surface area contributed by atoms with Gasteiger partial charge in [-0.25, -0.2) is 0 Å². The van der Waals surface area contributed by atoms with Crippen molar-refractivity contribution < 1.29 is 24.5 Å². The fourth-order valence-electron chi connectivity index (χ4n) is 2.18. The maximum Gasteiger partial charge on any atom is 0.305 e. The number of ether oxygens (including phenoxy) is 1. The molecule has 7 nitrogen and oxygen atoms in total. The molecule has 1 aliphatic rings. The summed E-state index contributed by atoms with van der Waals surface area (Å²) in [6, 6.07) is -0.262. The number of nitrogens with one attached hydrogen (secondary N) is 1. The van der Waals surface area contributed by atoms with Crippen LogP contribution >= 0.6 is 0 Å². The summed E-state index contributed by atoms with van der Waals surface area (Å²) in [4.78, 5) is 24.0. The largest absolute Gasteiger partial charge is 0.481 e. The van der Waals surface area contributed by atoms with Crippen molar-refractivity contribution in [3.05, 3.63) is 0 Å². The fraction of sp³-hybridized carbons (Fsp3) is 0.833. The summed E-state index contributed by atoms with van der Waals surface area (Å²) in [7, 11) is 3.59. The summed E-state index contributed by atoms with van der Waals surface area (Å²) in [5.74, 6) is -1.05. The first-order valence-electron chi connectivity index (χ1n) is 6.34. The number of carboxylic acids is 1. The van der Waals surface area contributed by atoms with Crippen LogP contribution in [0, 0.1) is 0 Å². The number of aliphatic hydroxyl groups is 1. The van der Waals surface area contributed by atoms with E-state index < -0.39 is 18.2 Å². The Balaban J connectivity index is 2.47. The van der Waals surface area contributed by atoms with E-state index in [-0.39, 0.29) is 31.5 Å². The minimum absolute atomic E-state index is 0.0745. The molecule has 0 aromatic carbocycles. The summed E-state index contributed by atoms with van der Waals surface area (Å²) < 4.78 is 5.51. The van der Waals surface area contributed by atoms with Gasteiger partial charge >= 0.3 is 5.97 Å². The highest BCUT2D eigenvalue weighted by Crippen LogP contribution is 2.21. The molecule has 0 aromatic rings. The van der Waals surface area contributed by atoms with Crippen molar-refractivity contribution in [2.24, 2.45) is 0 Å². The lowest BCUT2D eigenvalue weighted by molar-refractivity contribution is -0.147. The molecule has 1 heterocycles. The molecule has 3 atom stereocenters.